The predicted molar refractivity (Wildman–Crippen MR) is 65.3 cm³/mol. The molecule has 1 aromatic rings. The molecule has 1 heterocycles. The van der Waals surface area contributed by atoms with Crippen LogP contribution in [0.1, 0.15) is 19.3 Å². The van der Waals surface area contributed by atoms with Crippen molar-refractivity contribution in [3.63, 3.8) is 0 Å². The van der Waals surface area contributed by atoms with E-state index >= 15 is 0 Å². The minimum absolute atomic E-state index is 0.180. The van der Waals surface area contributed by atoms with Crippen LogP contribution in [-0.4, -0.2) is 10.9 Å². The van der Waals surface area contributed by atoms with Crippen molar-refractivity contribution >= 4 is 27.5 Å². The lowest BCUT2D eigenvalue weighted by Gasteiger charge is -2.04. The second-order valence-electron chi connectivity index (χ2n) is 3.62. The van der Waals surface area contributed by atoms with E-state index in [0.29, 0.717) is 4.47 Å². The summed E-state index contributed by atoms with van der Waals surface area (Å²) in [5, 5.41) is 2.61. The summed E-state index contributed by atoms with van der Waals surface area (Å²) in [6.07, 6.45) is 7.68. The van der Waals surface area contributed by atoms with Crippen LogP contribution in [0.15, 0.2) is 33.3 Å². The lowest BCUT2D eigenvalue weighted by Crippen LogP contribution is -2.19. The van der Waals surface area contributed by atoms with Gasteiger partial charge in [0.05, 0.1) is 4.47 Å². The normalized spacial score (nSPS) is 14.7. The van der Waals surface area contributed by atoms with E-state index in [1.807, 2.05) is 6.08 Å². The zero-order valence-corrected chi connectivity index (χ0v) is 10.1. The molecule has 0 fully saturated rings. The number of nitrogens with one attached hydrogen (secondary N) is 2. The van der Waals surface area contributed by atoms with Gasteiger partial charge in [0.25, 0.3) is 5.91 Å². The lowest BCUT2D eigenvalue weighted by atomic mass is 10.2. The van der Waals surface area contributed by atoms with Crippen LogP contribution < -0.4 is 10.7 Å². The maximum absolute atomic E-state index is 11.7. The fourth-order valence-electron chi connectivity index (χ4n) is 1.63. The van der Waals surface area contributed by atoms with Crippen molar-refractivity contribution in [3.05, 3.63) is 38.7 Å². The molecule has 0 atom stereocenters. The van der Waals surface area contributed by atoms with Gasteiger partial charge < -0.3 is 10.3 Å². The van der Waals surface area contributed by atoms with Crippen LogP contribution in [0, 0.1) is 0 Å². The summed E-state index contributed by atoms with van der Waals surface area (Å²) in [5.74, 6) is -0.180. The summed E-state index contributed by atoms with van der Waals surface area (Å²) in [5.41, 5.74) is 0.817. The van der Waals surface area contributed by atoms with Gasteiger partial charge in [0, 0.05) is 18.0 Å². The molecule has 0 aromatic carbocycles. The van der Waals surface area contributed by atoms with Gasteiger partial charge in [-0.15, -0.1) is 0 Å². The second-order valence-corrected chi connectivity index (χ2v) is 4.48. The Morgan fingerprint density at radius 2 is 2.25 bits per heavy atom. The molecule has 2 N–H and O–H groups in total. The monoisotopic (exact) mass is 282 g/mol. The van der Waals surface area contributed by atoms with Crippen LogP contribution in [-0.2, 0) is 4.79 Å². The molecule has 16 heavy (non-hydrogen) atoms. The topological polar surface area (TPSA) is 62.0 Å². The first-order chi connectivity index (χ1) is 7.68. The highest BCUT2D eigenvalue weighted by Gasteiger charge is 2.14. The van der Waals surface area contributed by atoms with Gasteiger partial charge in [-0.3, -0.25) is 9.59 Å². The number of hydrogen-bond acceptors (Lipinski definition) is 2. The zero-order valence-electron chi connectivity index (χ0n) is 8.55. The SMILES string of the molecule is O=C(Nc1c[nH]cc(Br)c1=O)C1=CCCC1. The van der Waals surface area contributed by atoms with Crippen molar-refractivity contribution in [1.29, 1.82) is 0 Å². The number of allylic oxidation sites excluding steroid dienone is 1. The highest BCUT2D eigenvalue weighted by molar-refractivity contribution is 9.10. The van der Waals surface area contributed by atoms with E-state index < -0.39 is 0 Å². The summed E-state index contributed by atoms with van der Waals surface area (Å²) in [7, 11) is 0. The number of anilines is 1. The van der Waals surface area contributed by atoms with Crippen LogP contribution in [0.25, 0.3) is 0 Å². The number of pyridine rings is 1. The van der Waals surface area contributed by atoms with Crippen LogP contribution in [0.3, 0.4) is 0 Å². The average Bonchev–Trinajstić information content (AvgIpc) is 2.78. The van der Waals surface area contributed by atoms with Crippen LogP contribution >= 0.6 is 15.9 Å². The Morgan fingerprint density at radius 1 is 1.44 bits per heavy atom. The van der Waals surface area contributed by atoms with Gasteiger partial charge in [0.1, 0.15) is 5.69 Å². The van der Waals surface area contributed by atoms with E-state index in [2.05, 4.69) is 26.2 Å². The maximum Gasteiger partial charge on any atom is 0.251 e. The van der Waals surface area contributed by atoms with E-state index in [1.54, 1.807) is 0 Å². The molecule has 0 radical (unpaired) electrons. The molecule has 0 unspecified atom stereocenters. The molecule has 1 aliphatic rings. The quantitative estimate of drug-likeness (QED) is 0.874. The first-order valence-electron chi connectivity index (χ1n) is 5.05. The Morgan fingerprint density at radius 3 is 2.94 bits per heavy atom. The zero-order chi connectivity index (χ0) is 11.5. The summed E-state index contributed by atoms with van der Waals surface area (Å²) < 4.78 is 0.408. The third kappa shape index (κ3) is 2.24. The first-order valence-corrected chi connectivity index (χ1v) is 5.85. The first kappa shape index (κ1) is 11.1. The Kier molecular flexibility index (Phi) is 3.24. The Bertz CT molecular complexity index is 505. The van der Waals surface area contributed by atoms with Crippen molar-refractivity contribution in [2.24, 2.45) is 0 Å². The Labute approximate surface area is 101 Å². The molecule has 1 aromatic heterocycles. The average molecular weight is 283 g/mol. The fourth-order valence-corrected chi connectivity index (χ4v) is 1.98. The van der Waals surface area contributed by atoms with Crippen LogP contribution in [0.2, 0.25) is 0 Å². The van der Waals surface area contributed by atoms with E-state index in [9.17, 15) is 9.59 Å². The maximum atomic E-state index is 11.7. The number of H-pyrrole nitrogens is 1. The Balaban J connectivity index is 2.18. The van der Waals surface area contributed by atoms with E-state index in [0.717, 1.165) is 24.8 Å². The number of carbonyl (C=O) groups is 1. The largest absolute Gasteiger partial charge is 0.365 e. The summed E-state index contributed by atoms with van der Waals surface area (Å²) in [6, 6.07) is 0. The highest BCUT2D eigenvalue weighted by Crippen LogP contribution is 2.18. The number of aromatic nitrogens is 1. The minimum Gasteiger partial charge on any atom is -0.365 e. The summed E-state index contributed by atoms with van der Waals surface area (Å²) >= 11 is 3.11. The standard InChI is InChI=1S/C11H11BrN2O2/c12-8-5-13-6-9(10(8)15)14-11(16)7-3-1-2-4-7/h3,5-6H,1-2,4H2,(H,13,15)(H,14,16). The van der Waals surface area contributed by atoms with Gasteiger partial charge in [-0.2, -0.15) is 0 Å². The van der Waals surface area contributed by atoms with E-state index in [1.165, 1.54) is 12.4 Å². The van der Waals surface area contributed by atoms with Crippen molar-refractivity contribution in [2.75, 3.05) is 5.32 Å². The van der Waals surface area contributed by atoms with Gasteiger partial charge in [-0.25, -0.2) is 0 Å². The molecule has 5 heteroatoms. The number of halogens is 1. The molecular formula is C11H11BrN2O2. The molecule has 0 spiro atoms. The molecule has 4 nitrogen and oxygen atoms in total. The van der Waals surface area contributed by atoms with Crippen molar-refractivity contribution in [2.45, 2.75) is 19.3 Å². The number of hydrogen-bond donors (Lipinski definition) is 2. The van der Waals surface area contributed by atoms with Gasteiger partial charge in [0.15, 0.2) is 0 Å². The Hall–Kier alpha value is -1.36. The second kappa shape index (κ2) is 4.65. The molecule has 1 aliphatic carbocycles. The third-order valence-electron chi connectivity index (χ3n) is 2.48. The molecule has 2 rings (SSSR count). The molecule has 0 aliphatic heterocycles. The van der Waals surface area contributed by atoms with Crippen LogP contribution in [0.5, 0.6) is 0 Å². The predicted octanol–water partition coefficient (Wildman–Crippen LogP) is 2.19. The molecular weight excluding hydrogens is 272 g/mol. The fraction of sp³-hybridized carbons (Fsp3) is 0.273. The minimum atomic E-state index is -0.217. The van der Waals surface area contributed by atoms with E-state index in [-0.39, 0.29) is 17.0 Å². The van der Waals surface area contributed by atoms with Crippen molar-refractivity contribution < 1.29 is 4.79 Å². The van der Waals surface area contributed by atoms with Gasteiger partial charge in [-0.05, 0) is 35.2 Å². The highest BCUT2D eigenvalue weighted by atomic mass is 79.9. The number of aromatic amines is 1. The summed E-state index contributed by atoms with van der Waals surface area (Å²) in [6.45, 7) is 0. The van der Waals surface area contributed by atoms with Crippen molar-refractivity contribution in [3.8, 4) is 0 Å². The third-order valence-corrected chi connectivity index (χ3v) is 3.07. The van der Waals surface area contributed by atoms with Gasteiger partial charge >= 0.3 is 0 Å². The molecule has 0 saturated heterocycles. The van der Waals surface area contributed by atoms with Gasteiger partial charge in [0.2, 0.25) is 5.43 Å². The van der Waals surface area contributed by atoms with Gasteiger partial charge in [-0.1, -0.05) is 6.08 Å². The number of carbonyl (C=O) groups excluding carboxylic acids is 1. The number of amides is 1. The van der Waals surface area contributed by atoms with Crippen molar-refractivity contribution in [1.82, 2.24) is 4.98 Å². The molecule has 0 saturated carbocycles. The smallest absolute Gasteiger partial charge is 0.251 e. The van der Waals surface area contributed by atoms with E-state index in [4.69, 9.17) is 0 Å². The molecule has 84 valence electrons. The number of rotatable bonds is 2. The summed E-state index contributed by atoms with van der Waals surface area (Å²) in [4.78, 5) is 26.1. The molecule has 0 bridgehead atoms. The molecule has 1 amide bonds. The van der Waals surface area contributed by atoms with Crippen LogP contribution in [0.4, 0.5) is 5.69 Å². The lowest BCUT2D eigenvalue weighted by molar-refractivity contribution is -0.112.